The van der Waals surface area contributed by atoms with Crippen molar-refractivity contribution in [2.45, 2.75) is 111 Å². The number of halogens is 1. The molecule has 3 nitrogen and oxygen atoms in total. The highest BCUT2D eigenvalue weighted by Gasteiger charge is 2.44. The molecular weight excluding hydrogens is 618 g/mol. The Bertz CT molecular complexity index is 1460. The van der Waals surface area contributed by atoms with Gasteiger partial charge in [0.2, 0.25) is 0 Å². The molecule has 0 saturated carbocycles. The second-order valence-electron chi connectivity index (χ2n) is 14.9. The Kier molecular flexibility index (Phi) is 10.7. The molecule has 0 bridgehead atoms. The van der Waals surface area contributed by atoms with Crippen LogP contribution in [0.25, 0.3) is 11.1 Å². The van der Waals surface area contributed by atoms with Crippen molar-refractivity contribution in [3.63, 3.8) is 0 Å². The zero-order chi connectivity index (χ0) is 32.3. The normalized spacial score (nSPS) is 16.3. The predicted octanol–water partition coefficient (Wildman–Crippen LogP) is 12.0. The number of fused-ring (bicyclic) bond motifs is 4. The Balaban J connectivity index is 1.53. The van der Waals surface area contributed by atoms with Crippen molar-refractivity contribution in [3.8, 4) is 11.1 Å². The lowest BCUT2D eigenvalue weighted by Gasteiger charge is -2.35. The fourth-order valence-electron chi connectivity index (χ4n) is 7.71. The van der Waals surface area contributed by atoms with Crippen LogP contribution < -0.4 is 4.90 Å². The topological polar surface area (TPSA) is 37.4 Å². The Labute approximate surface area is 280 Å². The monoisotopic (exact) mass is 669 g/mol. The highest BCUT2D eigenvalue weighted by molar-refractivity contribution is 9.10. The van der Waals surface area contributed by atoms with Crippen molar-refractivity contribution in [2.75, 3.05) is 4.90 Å². The molecule has 0 fully saturated rings. The van der Waals surface area contributed by atoms with Crippen LogP contribution in [0.5, 0.6) is 0 Å². The largest absolute Gasteiger partial charge is 0.268 e. The molecule has 0 N–H and O–H groups in total. The van der Waals surface area contributed by atoms with Crippen molar-refractivity contribution < 1.29 is 9.59 Å². The molecule has 0 saturated heterocycles. The van der Waals surface area contributed by atoms with Gasteiger partial charge in [-0.2, -0.15) is 0 Å². The third kappa shape index (κ3) is 7.17. The van der Waals surface area contributed by atoms with Gasteiger partial charge in [-0.25, -0.2) is 4.90 Å². The van der Waals surface area contributed by atoms with Crippen LogP contribution >= 0.6 is 15.9 Å². The summed E-state index contributed by atoms with van der Waals surface area (Å²) in [6.07, 6.45) is 12.1. The summed E-state index contributed by atoms with van der Waals surface area (Å²) >= 11 is 3.82. The smallest absolute Gasteiger partial charge is 0.266 e. The van der Waals surface area contributed by atoms with Crippen molar-refractivity contribution in [1.82, 2.24) is 0 Å². The number of carbonyl (C=O) groups is 2. The summed E-state index contributed by atoms with van der Waals surface area (Å²) in [6.45, 7) is 14.1. The van der Waals surface area contributed by atoms with Gasteiger partial charge in [-0.3, -0.25) is 9.59 Å². The fraction of sp³-hybridized carbons (Fsp3) is 0.512. The number of carbonyl (C=O) groups excluding carboxylic acids is 2. The van der Waals surface area contributed by atoms with Crippen LogP contribution in [-0.4, -0.2) is 11.8 Å². The van der Waals surface area contributed by atoms with Crippen LogP contribution in [-0.2, 0) is 5.41 Å². The first-order chi connectivity index (χ1) is 21.5. The molecule has 1 heterocycles. The Morgan fingerprint density at radius 1 is 0.600 bits per heavy atom. The average Bonchev–Trinajstić information content (AvgIpc) is 3.41. The molecule has 4 heteroatoms. The zero-order valence-electron chi connectivity index (χ0n) is 28.3. The molecule has 0 unspecified atom stereocenters. The molecule has 2 atom stereocenters. The van der Waals surface area contributed by atoms with Crippen LogP contribution in [0.2, 0.25) is 0 Å². The first-order valence-corrected chi connectivity index (χ1v) is 18.2. The van der Waals surface area contributed by atoms with Gasteiger partial charge in [0.1, 0.15) is 0 Å². The van der Waals surface area contributed by atoms with Gasteiger partial charge in [-0.15, -0.1) is 0 Å². The standard InChI is InChI=1S/C41H52BrNO2/c1-27(2)11-9-13-29(5)21-23-41(24-22-30(6)14-10-12-28(3)4)37-25-31(42)17-19-33(37)34-20-18-32(26-38(34)41)43-39(44)35-15-7-8-16-36(35)40(43)45/h7-8,15-20,25-30H,9-14,21-24H2,1-6H3/t29-,30-/m0/s1. The second-order valence-corrected chi connectivity index (χ2v) is 15.8. The van der Waals surface area contributed by atoms with E-state index >= 15 is 0 Å². The molecular formula is C41H52BrNO2. The summed E-state index contributed by atoms with van der Waals surface area (Å²) in [7, 11) is 0. The summed E-state index contributed by atoms with van der Waals surface area (Å²) in [6, 6.07) is 20.3. The summed E-state index contributed by atoms with van der Waals surface area (Å²) < 4.78 is 1.11. The van der Waals surface area contributed by atoms with E-state index in [1.807, 2.05) is 18.2 Å². The SMILES string of the molecule is CC(C)CCC[C@H](C)CCC1(CC[C@@H](C)CCCC(C)C)c2cc(Br)ccc2-c2ccc(N3C(=O)c4ccccc4C3=O)cc21. The molecule has 3 aromatic rings. The van der Waals surface area contributed by atoms with Crippen LogP contribution in [0.3, 0.4) is 0 Å². The number of amides is 2. The lowest BCUT2D eigenvalue weighted by atomic mass is 9.69. The van der Waals surface area contributed by atoms with Crippen molar-refractivity contribution in [1.29, 1.82) is 0 Å². The summed E-state index contributed by atoms with van der Waals surface area (Å²) in [4.78, 5) is 28.5. The van der Waals surface area contributed by atoms with E-state index in [1.54, 1.807) is 12.1 Å². The maximum absolute atomic E-state index is 13.6. The Morgan fingerprint density at radius 2 is 1.09 bits per heavy atom. The number of anilines is 1. The van der Waals surface area contributed by atoms with Gasteiger partial charge in [-0.1, -0.05) is 120 Å². The summed E-state index contributed by atoms with van der Waals surface area (Å²) in [5.74, 6) is 2.32. The molecule has 0 radical (unpaired) electrons. The number of imide groups is 1. The van der Waals surface area contributed by atoms with Gasteiger partial charge in [-0.05, 0) is 108 Å². The highest BCUT2D eigenvalue weighted by atomic mass is 79.9. The average molecular weight is 671 g/mol. The van der Waals surface area contributed by atoms with Crippen molar-refractivity contribution in [3.05, 3.63) is 87.4 Å². The molecule has 240 valence electrons. The van der Waals surface area contributed by atoms with Crippen LogP contribution in [0.15, 0.2) is 65.1 Å². The van der Waals surface area contributed by atoms with Gasteiger partial charge in [0, 0.05) is 9.89 Å². The molecule has 5 rings (SSSR count). The molecule has 2 amide bonds. The van der Waals surface area contributed by atoms with Gasteiger partial charge in [0.05, 0.1) is 16.8 Å². The first kappa shape index (κ1) is 33.6. The number of nitrogens with zero attached hydrogens (tertiary/aromatic N) is 1. The molecule has 1 aliphatic carbocycles. The van der Waals surface area contributed by atoms with E-state index in [-0.39, 0.29) is 17.2 Å². The number of hydrogen-bond acceptors (Lipinski definition) is 2. The summed E-state index contributed by atoms with van der Waals surface area (Å²) in [5.41, 5.74) is 6.73. The van der Waals surface area contributed by atoms with E-state index in [0.717, 1.165) is 42.0 Å². The molecule has 3 aromatic carbocycles. The first-order valence-electron chi connectivity index (χ1n) is 17.4. The van der Waals surface area contributed by atoms with Gasteiger partial charge < -0.3 is 0 Å². The number of rotatable bonds is 15. The van der Waals surface area contributed by atoms with E-state index in [1.165, 1.54) is 65.7 Å². The van der Waals surface area contributed by atoms with E-state index < -0.39 is 0 Å². The quantitative estimate of drug-likeness (QED) is 0.151. The summed E-state index contributed by atoms with van der Waals surface area (Å²) in [5, 5.41) is 0. The van der Waals surface area contributed by atoms with Crippen molar-refractivity contribution >= 4 is 33.4 Å². The van der Waals surface area contributed by atoms with Crippen molar-refractivity contribution in [2.24, 2.45) is 23.7 Å². The van der Waals surface area contributed by atoms with E-state index in [0.29, 0.717) is 28.7 Å². The maximum Gasteiger partial charge on any atom is 0.266 e. The van der Waals surface area contributed by atoms with E-state index in [9.17, 15) is 9.59 Å². The zero-order valence-corrected chi connectivity index (χ0v) is 29.9. The van der Waals surface area contributed by atoms with Crippen LogP contribution in [0, 0.1) is 23.7 Å². The maximum atomic E-state index is 13.6. The Hall–Kier alpha value is -2.72. The Morgan fingerprint density at radius 3 is 1.60 bits per heavy atom. The predicted molar refractivity (Wildman–Crippen MR) is 192 cm³/mol. The fourth-order valence-corrected chi connectivity index (χ4v) is 8.07. The van der Waals surface area contributed by atoms with E-state index in [4.69, 9.17) is 0 Å². The molecule has 1 aliphatic heterocycles. The lowest BCUT2D eigenvalue weighted by Crippen LogP contribution is -2.31. The minimum absolute atomic E-state index is 0.165. The number of benzene rings is 3. The lowest BCUT2D eigenvalue weighted by molar-refractivity contribution is 0.0926. The molecule has 45 heavy (non-hydrogen) atoms. The highest BCUT2D eigenvalue weighted by Crippen LogP contribution is 2.56. The second kappa shape index (κ2) is 14.4. The third-order valence-electron chi connectivity index (χ3n) is 10.4. The number of hydrogen-bond donors (Lipinski definition) is 0. The third-order valence-corrected chi connectivity index (χ3v) is 10.9. The van der Waals surface area contributed by atoms with Crippen LogP contribution in [0.1, 0.15) is 138 Å². The minimum atomic E-state index is -0.225. The molecule has 0 spiro atoms. The van der Waals surface area contributed by atoms with Gasteiger partial charge in [0.15, 0.2) is 0 Å². The van der Waals surface area contributed by atoms with Gasteiger partial charge in [0.25, 0.3) is 11.8 Å². The molecule has 0 aromatic heterocycles. The molecule has 2 aliphatic rings. The van der Waals surface area contributed by atoms with E-state index in [2.05, 4.69) is 87.8 Å². The van der Waals surface area contributed by atoms with Crippen LogP contribution in [0.4, 0.5) is 5.69 Å². The van der Waals surface area contributed by atoms with Gasteiger partial charge >= 0.3 is 0 Å². The minimum Gasteiger partial charge on any atom is -0.268 e.